The third-order valence-electron chi connectivity index (χ3n) is 5.60. The van der Waals surface area contributed by atoms with Gasteiger partial charge in [0.1, 0.15) is 0 Å². The van der Waals surface area contributed by atoms with Gasteiger partial charge in [-0.1, -0.05) is 0 Å². The number of pyridine rings is 1. The maximum Gasteiger partial charge on any atom is 0.324 e. The van der Waals surface area contributed by atoms with Crippen LogP contribution in [0.25, 0.3) is 0 Å². The Bertz CT molecular complexity index is 644. The van der Waals surface area contributed by atoms with Crippen LogP contribution in [-0.2, 0) is 11.2 Å². The standard InChI is InChI=1S/C17H22N4O2/c1-13(22)19-8-4-17(5-9-19)11-20(12-17)16(23)21-7-3-14-10-18-6-2-15(14)21/h2,6,10H,3-5,7-9,11-12H2,1H3. The zero-order valence-electron chi connectivity index (χ0n) is 13.5. The highest BCUT2D eigenvalue weighted by Gasteiger charge is 2.48. The summed E-state index contributed by atoms with van der Waals surface area (Å²) in [5.41, 5.74) is 2.41. The second-order valence-electron chi connectivity index (χ2n) is 7.05. The van der Waals surface area contributed by atoms with Gasteiger partial charge in [-0.15, -0.1) is 0 Å². The molecule has 122 valence electrons. The van der Waals surface area contributed by atoms with Crippen molar-refractivity contribution >= 4 is 17.6 Å². The normalized spacial score (nSPS) is 22.0. The lowest BCUT2D eigenvalue weighted by atomic mass is 9.72. The number of anilines is 1. The summed E-state index contributed by atoms with van der Waals surface area (Å²) in [5, 5.41) is 0. The van der Waals surface area contributed by atoms with Crippen LogP contribution >= 0.6 is 0 Å². The first-order chi connectivity index (χ1) is 11.1. The molecule has 6 heteroatoms. The molecule has 0 N–H and O–H groups in total. The Morgan fingerprint density at radius 3 is 2.57 bits per heavy atom. The number of likely N-dealkylation sites (tertiary alicyclic amines) is 2. The zero-order valence-corrected chi connectivity index (χ0v) is 13.5. The molecule has 0 saturated carbocycles. The average molecular weight is 314 g/mol. The van der Waals surface area contributed by atoms with E-state index in [1.165, 1.54) is 0 Å². The summed E-state index contributed by atoms with van der Waals surface area (Å²) in [6.07, 6.45) is 6.52. The minimum Gasteiger partial charge on any atom is -0.343 e. The fraction of sp³-hybridized carbons (Fsp3) is 0.588. The Morgan fingerprint density at radius 2 is 1.87 bits per heavy atom. The first-order valence-corrected chi connectivity index (χ1v) is 8.33. The third-order valence-corrected chi connectivity index (χ3v) is 5.60. The van der Waals surface area contributed by atoms with Gasteiger partial charge in [-0.2, -0.15) is 0 Å². The second-order valence-corrected chi connectivity index (χ2v) is 7.05. The third kappa shape index (κ3) is 2.36. The zero-order chi connectivity index (χ0) is 16.0. The van der Waals surface area contributed by atoms with E-state index in [0.29, 0.717) is 0 Å². The molecule has 1 aromatic heterocycles. The van der Waals surface area contributed by atoms with Crippen molar-refractivity contribution in [1.29, 1.82) is 0 Å². The van der Waals surface area contributed by atoms with Crippen LogP contribution in [0.15, 0.2) is 18.5 Å². The van der Waals surface area contributed by atoms with E-state index < -0.39 is 0 Å². The van der Waals surface area contributed by atoms with Crippen molar-refractivity contribution in [2.75, 3.05) is 37.6 Å². The number of aromatic nitrogens is 1. The van der Waals surface area contributed by atoms with Crippen LogP contribution in [0.4, 0.5) is 10.5 Å². The minimum absolute atomic E-state index is 0.120. The Morgan fingerprint density at radius 1 is 1.13 bits per heavy atom. The molecule has 3 aliphatic rings. The van der Waals surface area contributed by atoms with Gasteiger partial charge < -0.3 is 9.80 Å². The molecule has 4 heterocycles. The topological polar surface area (TPSA) is 56.8 Å². The number of rotatable bonds is 0. The molecule has 1 spiro atoms. The largest absolute Gasteiger partial charge is 0.343 e. The SMILES string of the molecule is CC(=O)N1CCC2(CC1)CN(C(=O)N1CCc3cnccc31)C2. The number of carbonyl (C=O) groups excluding carboxylic acids is 2. The number of carbonyl (C=O) groups is 2. The van der Waals surface area contributed by atoms with E-state index in [1.54, 1.807) is 13.1 Å². The summed E-state index contributed by atoms with van der Waals surface area (Å²) < 4.78 is 0. The van der Waals surface area contributed by atoms with Crippen molar-refractivity contribution in [2.24, 2.45) is 5.41 Å². The monoisotopic (exact) mass is 314 g/mol. The molecule has 4 rings (SSSR count). The summed E-state index contributed by atoms with van der Waals surface area (Å²) >= 11 is 0. The number of piperidine rings is 1. The number of hydrogen-bond donors (Lipinski definition) is 0. The lowest BCUT2D eigenvalue weighted by Gasteiger charge is -2.54. The molecular weight excluding hydrogens is 292 g/mol. The van der Waals surface area contributed by atoms with Gasteiger partial charge in [0.05, 0.1) is 5.69 Å². The lowest BCUT2D eigenvalue weighted by molar-refractivity contribution is -0.133. The summed E-state index contributed by atoms with van der Waals surface area (Å²) in [5.74, 6) is 0.161. The summed E-state index contributed by atoms with van der Waals surface area (Å²) in [6.45, 7) is 5.70. The summed E-state index contributed by atoms with van der Waals surface area (Å²) in [7, 11) is 0. The van der Waals surface area contributed by atoms with E-state index >= 15 is 0 Å². The maximum atomic E-state index is 12.8. The van der Waals surface area contributed by atoms with Crippen LogP contribution in [0.1, 0.15) is 25.3 Å². The highest BCUT2D eigenvalue weighted by atomic mass is 16.2. The molecule has 0 aliphatic carbocycles. The Hall–Kier alpha value is -2.11. The van der Waals surface area contributed by atoms with Crippen LogP contribution in [-0.4, -0.2) is 59.4 Å². The van der Waals surface area contributed by atoms with Crippen LogP contribution in [0.5, 0.6) is 0 Å². The summed E-state index contributed by atoms with van der Waals surface area (Å²) in [4.78, 5) is 34.1. The number of nitrogens with zero attached hydrogens (tertiary/aromatic N) is 4. The smallest absolute Gasteiger partial charge is 0.324 e. The van der Waals surface area contributed by atoms with Crippen molar-refractivity contribution in [3.8, 4) is 0 Å². The molecule has 0 bridgehead atoms. The molecule has 0 atom stereocenters. The molecule has 2 fully saturated rings. The van der Waals surface area contributed by atoms with Crippen LogP contribution in [0.3, 0.4) is 0 Å². The van der Waals surface area contributed by atoms with Crippen molar-refractivity contribution in [3.05, 3.63) is 24.0 Å². The second kappa shape index (κ2) is 5.22. The molecule has 6 nitrogen and oxygen atoms in total. The van der Waals surface area contributed by atoms with Crippen LogP contribution < -0.4 is 4.90 Å². The maximum absolute atomic E-state index is 12.8. The van der Waals surface area contributed by atoms with E-state index in [4.69, 9.17) is 0 Å². The fourth-order valence-corrected chi connectivity index (χ4v) is 4.11. The molecule has 0 unspecified atom stereocenters. The van der Waals surface area contributed by atoms with Crippen LogP contribution in [0.2, 0.25) is 0 Å². The molecule has 23 heavy (non-hydrogen) atoms. The molecule has 0 aromatic carbocycles. The Labute approximate surface area is 136 Å². The quantitative estimate of drug-likeness (QED) is 0.729. The lowest BCUT2D eigenvalue weighted by Crippen LogP contribution is -2.64. The predicted octanol–water partition coefficient (Wildman–Crippen LogP) is 1.51. The fourth-order valence-electron chi connectivity index (χ4n) is 4.11. The van der Waals surface area contributed by atoms with Gasteiger partial charge >= 0.3 is 6.03 Å². The van der Waals surface area contributed by atoms with Gasteiger partial charge in [0.15, 0.2) is 0 Å². The molecule has 3 amide bonds. The van der Waals surface area contributed by atoms with E-state index in [2.05, 4.69) is 4.98 Å². The molecule has 3 aliphatic heterocycles. The van der Waals surface area contributed by atoms with Gasteiger partial charge in [-0.3, -0.25) is 14.7 Å². The minimum atomic E-state index is 0.120. The van der Waals surface area contributed by atoms with Crippen LogP contribution in [0, 0.1) is 5.41 Å². The van der Waals surface area contributed by atoms with Gasteiger partial charge in [0.2, 0.25) is 5.91 Å². The summed E-state index contributed by atoms with van der Waals surface area (Å²) in [6, 6.07) is 2.05. The van der Waals surface area contributed by atoms with E-state index in [9.17, 15) is 9.59 Å². The molecule has 2 saturated heterocycles. The number of fused-ring (bicyclic) bond motifs is 1. The molecule has 0 radical (unpaired) electrons. The molecular formula is C17H22N4O2. The van der Waals surface area contributed by atoms with Crippen molar-refractivity contribution < 1.29 is 9.59 Å². The molecule has 1 aromatic rings. The highest BCUT2D eigenvalue weighted by Crippen LogP contribution is 2.41. The predicted molar refractivity (Wildman–Crippen MR) is 86.2 cm³/mol. The van der Waals surface area contributed by atoms with E-state index in [-0.39, 0.29) is 17.4 Å². The first kappa shape index (κ1) is 14.5. The number of hydrogen-bond acceptors (Lipinski definition) is 3. The van der Waals surface area contributed by atoms with Crippen molar-refractivity contribution in [1.82, 2.24) is 14.8 Å². The number of amides is 3. The van der Waals surface area contributed by atoms with Gasteiger partial charge in [0.25, 0.3) is 0 Å². The van der Waals surface area contributed by atoms with E-state index in [0.717, 1.165) is 63.2 Å². The Kier molecular flexibility index (Phi) is 3.28. The Balaban J connectivity index is 1.38. The van der Waals surface area contributed by atoms with Gasteiger partial charge in [-0.25, -0.2) is 4.79 Å². The van der Waals surface area contributed by atoms with Gasteiger partial charge in [-0.05, 0) is 30.9 Å². The first-order valence-electron chi connectivity index (χ1n) is 8.33. The average Bonchev–Trinajstić information content (AvgIpc) is 2.96. The highest BCUT2D eigenvalue weighted by molar-refractivity contribution is 5.94. The van der Waals surface area contributed by atoms with Crippen molar-refractivity contribution in [2.45, 2.75) is 26.2 Å². The van der Waals surface area contributed by atoms with Crippen molar-refractivity contribution in [3.63, 3.8) is 0 Å². The number of urea groups is 1. The van der Waals surface area contributed by atoms with Gasteiger partial charge in [0, 0.05) is 57.5 Å². The van der Waals surface area contributed by atoms with E-state index in [1.807, 2.05) is 27.0 Å².